The SMILES string of the molecule is CC(F)(F)c1cc(Cl)ccc1Nc1ccc(CN)nc1. The maximum absolute atomic E-state index is 13.6. The van der Waals surface area contributed by atoms with E-state index in [1.165, 1.54) is 12.1 Å². The largest absolute Gasteiger partial charge is 0.354 e. The molecule has 0 atom stereocenters. The van der Waals surface area contributed by atoms with Crippen LogP contribution in [0.1, 0.15) is 18.2 Å². The van der Waals surface area contributed by atoms with E-state index in [0.717, 1.165) is 12.6 Å². The number of aromatic nitrogens is 1. The van der Waals surface area contributed by atoms with Crippen LogP contribution in [-0.2, 0) is 12.5 Å². The summed E-state index contributed by atoms with van der Waals surface area (Å²) in [5.74, 6) is -2.99. The van der Waals surface area contributed by atoms with E-state index in [4.69, 9.17) is 17.3 Å². The normalized spacial score (nSPS) is 11.4. The monoisotopic (exact) mass is 297 g/mol. The van der Waals surface area contributed by atoms with E-state index in [0.29, 0.717) is 17.9 Å². The Morgan fingerprint density at radius 1 is 1.30 bits per heavy atom. The number of hydrogen-bond donors (Lipinski definition) is 2. The molecular formula is C14H14ClF2N3. The predicted octanol–water partition coefficient (Wildman–Crippen LogP) is 4.05. The first-order valence-corrected chi connectivity index (χ1v) is 6.38. The van der Waals surface area contributed by atoms with Gasteiger partial charge in [0.05, 0.1) is 17.6 Å². The summed E-state index contributed by atoms with van der Waals surface area (Å²) in [5.41, 5.74) is 6.93. The van der Waals surface area contributed by atoms with E-state index in [-0.39, 0.29) is 10.6 Å². The molecule has 0 aliphatic heterocycles. The van der Waals surface area contributed by atoms with Crippen molar-refractivity contribution in [2.24, 2.45) is 5.73 Å². The minimum absolute atomic E-state index is 0.159. The van der Waals surface area contributed by atoms with Crippen molar-refractivity contribution in [2.75, 3.05) is 5.32 Å². The van der Waals surface area contributed by atoms with Crippen molar-refractivity contribution in [3.05, 3.63) is 52.8 Å². The predicted molar refractivity (Wildman–Crippen MR) is 76.4 cm³/mol. The second kappa shape index (κ2) is 5.73. The molecule has 20 heavy (non-hydrogen) atoms. The third kappa shape index (κ3) is 3.43. The highest BCUT2D eigenvalue weighted by Gasteiger charge is 2.28. The van der Waals surface area contributed by atoms with Gasteiger partial charge in [-0.15, -0.1) is 0 Å². The van der Waals surface area contributed by atoms with Crippen LogP contribution in [0.4, 0.5) is 20.2 Å². The molecular weight excluding hydrogens is 284 g/mol. The summed E-state index contributed by atoms with van der Waals surface area (Å²) in [6.45, 7) is 1.17. The van der Waals surface area contributed by atoms with Crippen molar-refractivity contribution in [2.45, 2.75) is 19.4 Å². The molecule has 2 rings (SSSR count). The van der Waals surface area contributed by atoms with E-state index in [2.05, 4.69) is 10.3 Å². The zero-order valence-corrected chi connectivity index (χ0v) is 11.6. The van der Waals surface area contributed by atoms with Crippen molar-refractivity contribution in [1.82, 2.24) is 4.98 Å². The molecule has 0 bridgehead atoms. The Kier molecular flexibility index (Phi) is 4.20. The van der Waals surface area contributed by atoms with Crippen LogP contribution in [0.25, 0.3) is 0 Å². The first-order valence-electron chi connectivity index (χ1n) is 6.00. The summed E-state index contributed by atoms with van der Waals surface area (Å²) < 4.78 is 27.2. The lowest BCUT2D eigenvalue weighted by Crippen LogP contribution is -2.10. The Morgan fingerprint density at radius 2 is 2.05 bits per heavy atom. The molecule has 106 valence electrons. The number of anilines is 2. The highest BCUT2D eigenvalue weighted by Crippen LogP contribution is 2.36. The lowest BCUT2D eigenvalue weighted by atomic mass is 10.1. The highest BCUT2D eigenvalue weighted by molar-refractivity contribution is 6.30. The molecule has 0 amide bonds. The lowest BCUT2D eigenvalue weighted by molar-refractivity contribution is 0.0183. The molecule has 0 aliphatic rings. The molecule has 3 nitrogen and oxygen atoms in total. The number of nitrogens with zero attached hydrogens (tertiary/aromatic N) is 1. The van der Waals surface area contributed by atoms with Gasteiger partial charge in [-0.1, -0.05) is 11.6 Å². The fourth-order valence-corrected chi connectivity index (χ4v) is 1.94. The van der Waals surface area contributed by atoms with Crippen molar-refractivity contribution < 1.29 is 8.78 Å². The number of nitrogens with one attached hydrogen (secondary N) is 1. The molecule has 0 unspecified atom stereocenters. The number of pyridine rings is 1. The van der Waals surface area contributed by atoms with Crippen LogP contribution in [-0.4, -0.2) is 4.98 Å². The van der Waals surface area contributed by atoms with Gasteiger partial charge in [-0.05, 0) is 30.3 Å². The van der Waals surface area contributed by atoms with Gasteiger partial charge in [0, 0.05) is 29.7 Å². The molecule has 3 N–H and O–H groups in total. The molecule has 6 heteroatoms. The van der Waals surface area contributed by atoms with Gasteiger partial charge in [0.25, 0.3) is 5.92 Å². The van der Waals surface area contributed by atoms with Crippen molar-refractivity contribution in [1.29, 1.82) is 0 Å². The first kappa shape index (κ1) is 14.7. The van der Waals surface area contributed by atoms with Crippen molar-refractivity contribution >= 4 is 23.0 Å². The molecule has 1 aromatic heterocycles. The number of halogens is 3. The third-order valence-electron chi connectivity index (χ3n) is 2.77. The molecule has 0 radical (unpaired) electrons. The summed E-state index contributed by atoms with van der Waals surface area (Å²) in [6.07, 6.45) is 1.55. The summed E-state index contributed by atoms with van der Waals surface area (Å²) in [5, 5.41) is 3.18. The van der Waals surface area contributed by atoms with Crippen LogP contribution >= 0.6 is 11.6 Å². The molecule has 0 aliphatic carbocycles. The van der Waals surface area contributed by atoms with Crippen LogP contribution in [0.3, 0.4) is 0 Å². The first-order chi connectivity index (χ1) is 9.40. The van der Waals surface area contributed by atoms with Gasteiger partial charge in [-0.2, -0.15) is 0 Å². The number of alkyl halides is 2. The lowest BCUT2D eigenvalue weighted by Gasteiger charge is -2.17. The minimum Gasteiger partial charge on any atom is -0.354 e. The minimum atomic E-state index is -2.99. The summed E-state index contributed by atoms with van der Waals surface area (Å²) in [6, 6.07) is 7.81. The Morgan fingerprint density at radius 3 is 2.60 bits per heavy atom. The van der Waals surface area contributed by atoms with Gasteiger partial charge < -0.3 is 11.1 Å². The van der Waals surface area contributed by atoms with Gasteiger partial charge >= 0.3 is 0 Å². The van der Waals surface area contributed by atoms with Crippen LogP contribution in [0.2, 0.25) is 5.02 Å². The summed E-state index contributed by atoms with van der Waals surface area (Å²) in [7, 11) is 0. The van der Waals surface area contributed by atoms with E-state index in [9.17, 15) is 8.78 Å². The van der Waals surface area contributed by atoms with E-state index >= 15 is 0 Å². The van der Waals surface area contributed by atoms with Gasteiger partial charge in [0.1, 0.15) is 0 Å². The van der Waals surface area contributed by atoms with Gasteiger partial charge in [-0.25, -0.2) is 8.78 Å². The van der Waals surface area contributed by atoms with Gasteiger partial charge in [0.15, 0.2) is 0 Å². The van der Waals surface area contributed by atoms with Crippen molar-refractivity contribution in [3.63, 3.8) is 0 Å². The van der Waals surface area contributed by atoms with Crippen LogP contribution in [0.15, 0.2) is 36.5 Å². The average molecular weight is 298 g/mol. The fraction of sp³-hybridized carbons (Fsp3) is 0.214. The third-order valence-corrected chi connectivity index (χ3v) is 3.00. The molecule has 1 aromatic carbocycles. The van der Waals surface area contributed by atoms with Gasteiger partial charge in [-0.3, -0.25) is 4.98 Å². The van der Waals surface area contributed by atoms with Crippen LogP contribution in [0, 0.1) is 0 Å². The molecule has 1 heterocycles. The van der Waals surface area contributed by atoms with E-state index in [1.807, 2.05) is 0 Å². The Hall–Kier alpha value is -1.72. The Labute approximate surface area is 120 Å². The fourth-order valence-electron chi connectivity index (χ4n) is 1.76. The standard InChI is InChI=1S/C14H14ClF2N3/c1-14(16,17)12-6-9(15)2-5-13(12)20-11-4-3-10(7-18)19-8-11/h2-6,8,20H,7,18H2,1H3. The number of nitrogens with two attached hydrogens (primary N) is 1. The topological polar surface area (TPSA) is 50.9 Å². The molecule has 2 aromatic rings. The second-order valence-electron chi connectivity index (χ2n) is 4.45. The number of hydrogen-bond acceptors (Lipinski definition) is 3. The average Bonchev–Trinajstić information content (AvgIpc) is 2.40. The smallest absolute Gasteiger partial charge is 0.272 e. The maximum Gasteiger partial charge on any atom is 0.272 e. The number of rotatable bonds is 4. The molecule has 0 saturated heterocycles. The van der Waals surface area contributed by atoms with Crippen molar-refractivity contribution in [3.8, 4) is 0 Å². The second-order valence-corrected chi connectivity index (χ2v) is 4.88. The zero-order chi connectivity index (χ0) is 14.8. The highest BCUT2D eigenvalue weighted by atomic mass is 35.5. The molecule has 0 fully saturated rings. The van der Waals surface area contributed by atoms with Crippen LogP contribution in [0.5, 0.6) is 0 Å². The summed E-state index contributed by atoms with van der Waals surface area (Å²) >= 11 is 5.78. The zero-order valence-electron chi connectivity index (χ0n) is 10.8. The Balaban J connectivity index is 2.32. The molecule has 0 saturated carbocycles. The Bertz CT molecular complexity index is 594. The quantitative estimate of drug-likeness (QED) is 0.895. The van der Waals surface area contributed by atoms with E-state index < -0.39 is 5.92 Å². The molecule has 0 spiro atoms. The van der Waals surface area contributed by atoms with E-state index in [1.54, 1.807) is 24.4 Å². The summed E-state index contributed by atoms with van der Waals surface area (Å²) in [4.78, 5) is 4.10. The van der Waals surface area contributed by atoms with Crippen LogP contribution < -0.4 is 11.1 Å². The maximum atomic E-state index is 13.6. The van der Waals surface area contributed by atoms with Gasteiger partial charge in [0.2, 0.25) is 0 Å². The number of benzene rings is 1.